The molecule has 1 aliphatic heterocycles. The van der Waals surface area contributed by atoms with Crippen molar-refractivity contribution in [2.45, 2.75) is 160 Å². The molecule has 0 bridgehead atoms. The van der Waals surface area contributed by atoms with Crippen molar-refractivity contribution in [1.29, 1.82) is 0 Å². The molecule has 282 valence electrons. The summed E-state index contributed by atoms with van der Waals surface area (Å²) in [7, 11) is -3.56. The van der Waals surface area contributed by atoms with E-state index in [-0.39, 0.29) is 28.9 Å². The zero-order valence-electron chi connectivity index (χ0n) is 31.1. The van der Waals surface area contributed by atoms with Crippen molar-refractivity contribution in [2.75, 3.05) is 12.3 Å². The van der Waals surface area contributed by atoms with Gasteiger partial charge in [0, 0.05) is 6.54 Å². The van der Waals surface area contributed by atoms with E-state index in [1.165, 1.54) is 0 Å². The molecule has 50 heavy (non-hydrogen) atoms. The highest BCUT2D eigenvalue weighted by Gasteiger charge is 2.70. The first-order valence-corrected chi connectivity index (χ1v) is 20.6. The molecule has 1 heterocycles. The average Bonchev–Trinajstić information content (AvgIpc) is 3.89. The molecule has 5 unspecified atom stereocenters. The summed E-state index contributed by atoms with van der Waals surface area (Å²) < 4.78 is 25.8. The number of primary amides is 1. The number of urea groups is 1. The third-order valence-corrected chi connectivity index (χ3v) is 15.8. The number of ketones is 1. The number of nitrogens with zero attached hydrogens (tertiary/aromatic N) is 1. The van der Waals surface area contributed by atoms with E-state index >= 15 is 0 Å². The Morgan fingerprint density at radius 1 is 0.880 bits per heavy atom. The lowest BCUT2D eigenvalue weighted by Gasteiger charge is -2.44. The number of Topliss-reactive ketones (excluding diaryl/α,β-unsaturated/α-hetero) is 1. The lowest BCUT2D eigenvalue weighted by Crippen LogP contribution is -2.65. The van der Waals surface area contributed by atoms with Crippen LogP contribution in [-0.4, -0.2) is 83.6 Å². The van der Waals surface area contributed by atoms with Crippen molar-refractivity contribution >= 4 is 39.4 Å². The van der Waals surface area contributed by atoms with E-state index in [4.69, 9.17) is 5.73 Å². The number of nitrogens with one attached hydrogen (secondary N) is 3. The third kappa shape index (κ3) is 8.02. The topological polar surface area (TPSA) is 185 Å². The number of carbonyl (C=O) groups excluding carboxylic acids is 5. The molecule has 5 fully saturated rings. The second-order valence-electron chi connectivity index (χ2n) is 18.2. The number of nitrogens with two attached hydrogens (primary N) is 1. The molecule has 5 rings (SSSR count). The van der Waals surface area contributed by atoms with Crippen molar-refractivity contribution in [3.8, 4) is 0 Å². The van der Waals surface area contributed by atoms with Crippen molar-refractivity contribution in [2.24, 2.45) is 34.3 Å². The molecule has 0 spiro atoms. The number of rotatable bonds is 13. The molecule has 5 aliphatic rings. The average molecular weight is 720 g/mol. The van der Waals surface area contributed by atoms with Crippen LogP contribution in [0.2, 0.25) is 0 Å². The molecule has 4 saturated carbocycles. The number of likely N-dealkylation sites (tertiary alicyclic amines) is 1. The van der Waals surface area contributed by atoms with Gasteiger partial charge >= 0.3 is 6.03 Å². The summed E-state index contributed by atoms with van der Waals surface area (Å²) in [4.78, 5) is 69.3. The first kappa shape index (κ1) is 38.5. The Bertz CT molecular complexity index is 1450. The molecule has 5 amide bonds. The highest BCUT2D eigenvalue weighted by Crippen LogP contribution is 2.65. The Balaban J connectivity index is 1.40. The van der Waals surface area contributed by atoms with Crippen LogP contribution in [0.15, 0.2) is 0 Å². The molecule has 5 N–H and O–H groups in total. The van der Waals surface area contributed by atoms with E-state index in [1.807, 2.05) is 6.92 Å². The fraction of sp³-hybridized carbons (Fsp3) is 0.865. The second kappa shape index (κ2) is 14.0. The van der Waals surface area contributed by atoms with E-state index in [0.717, 1.165) is 51.4 Å². The minimum absolute atomic E-state index is 0.0701. The van der Waals surface area contributed by atoms with Gasteiger partial charge in [0.2, 0.25) is 17.6 Å². The SMILES string of the molecule is CC1(C(NC(=O)NC2(CS(=O)(=O)C(C)(C)C)CCCCC2)C(=O)N2CC3C(C2C(=O)NC(CCC2CC2)C(=O)C(N)=O)C3(C)C)CCCCC1. The Labute approximate surface area is 298 Å². The van der Waals surface area contributed by atoms with Crippen LogP contribution in [0, 0.1) is 28.6 Å². The van der Waals surface area contributed by atoms with E-state index < -0.39 is 67.3 Å². The molecule has 12 nitrogen and oxygen atoms in total. The molecule has 0 aromatic heterocycles. The van der Waals surface area contributed by atoms with E-state index in [9.17, 15) is 32.4 Å². The Hall–Kier alpha value is -2.70. The monoisotopic (exact) mass is 719 g/mol. The van der Waals surface area contributed by atoms with Crippen LogP contribution in [-0.2, 0) is 29.0 Å². The summed E-state index contributed by atoms with van der Waals surface area (Å²) >= 11 is 0. The first-order chi connectivity index (χ1) is 23.2. The van der Waals surface area contributed by atoms with Crippen LogP contribution in [0.1, 0.15) is 131 Å². The summed E-state index contributed by atoms with van der Waals surface area (Å²) in [6.07, 6.45) is 11.0. The van der Waals surface area contributed by atoms with E-state index in [1.54, 1.807) is 25.7 Å². The van der Waals surface area contributed by atoms with Gasteiger partial charge in [0.25, 0.3) is 5.91 Å². The van der Waals surface area contributed by atoms with Crippen molar-refractivity contribution in [1.82, 2.24) is 20.9 Å². The first-order valence-electron chi connectivity index (χ1n) is 19.0. The summed E-state index contributed by atoms with van der Waals surface area (Å²) in [5.41, 5.74) is 3.65. The van der Waals surface area contributed by atoms with E-state index in [0.29, 0.717) is 51.0 Å². The summed E-state index contributed by atoms with van der Waals surface area (Å²) in [6, 6.07) is -3.44. The molecule has 5 atom stereocenters. The lowest BCUT2D eigenvalue weighted by atomic mass is 9.70. The molecule has 4 aliphatic carbocycles. The van der Waals surface area contributed by atoms with Crippen LogP contribution < -0.4 is 21.7 Å². The van der Waals surface area contributed by atoms with Crippen LogP contribution in [0.4, 0.5) is 4.79 Å². The predicted molar refractivity (Wildman–Crippen MR) is 190 cm³/mol. The van der Waals surface area contributed by atoms with Gasteiger partial charge in [0.1, 0.15) is 12.1 Å². The van der Waals surface area contributed by atoms with Gasteiger partial charge in [-0.1, -0.05) is 72.1 Å². The molecule has 1 saturated heterocycles. The predicted octanol–water partition coefficient (Wildman–Crippen LogP) is 3.75. The van der Waals surface area contributed by atoms with Gasteiger partial charge in [-0.3, -0.25) is 19.2 Å². The molecular formula is C37H61N5O7S. The summed E-state index contributed by atoms with van der Waals surface area (Å²) in [5, 5.41) is 8.94. The maximum absolute atomic E-state index is 14.8. The Morgan fingerprint density at radius 2 is 1.46 bits per heavy atom. The highest BCUT2D eigenvalue weighted by molar-refractivity contribution is 7.92. The van der Waals surface area contributed by atoms with E-state index in [2.05, 4.69) is 29.8 Å². The van der Waals surface area contributed by atoms with Crippen LogP contribution in [0.25, 0.3) is 0 Å². The van der Waals surface area contributed by atoms with Crippen LogP contribution in [0.3, 0.4) is 0 Å². The van der Waals surface area contributed by atoms with Gasteiger partial charge in [0.05, 0.1) is 22.1 Å². The quantitative estimate of drug-likeness (QED) is 0.209. The normalized spacial score (nSPS) is 28.0. The van der Waals surface area contributed by atoms with Gasteiger partial charge < -0.3 is 26.6 Å². The molecular weight excluding hydrogens is 659 g/mol. The van der Waals surface area contributed by atoms with Crippen molar-refractivity contribution in [3.63, 3.8) is 0 Å². The zero-order chi connectivity index (χ0) is 36.9. The summed E-state index contributed by atoms with van der Waals surface area (Å²) in [5.74, 6) is -2.52. The fourth-order valence-corrected chi connectivity index (χ4v) is 10.7. The maximum Gasteiger partial charge on any atom is 0.315 e. The zero-order valence-corrected chi connectivity index (χ0v) is 31.9. The Kier molecular flexibility index (Phi) is 10.8. The number of sulfone groups is 1. The minimum Gasteiger partial charge on any atom is -0.363 e. The largest absolute Gasteiger partial charge is 0.363 e. The maximum atomic E-state index is 14.8. The number of hydrogen-bond acceptors (Lipinski definition) is 7. The number of amides is 5. The standard InChI is InChI=1S/C37H61N5O7S/c1-34(2,3)50(48,49)22-37(19-11-8-12-20-37)41-33(47)40-29(36(6)17-9-7-10-18-36)32(46)42-21-24-26(35(24,4)5)27(42)31(45)39-25(28(43)30(38)44)16-15-23-13-14-23/h23-27,29H,7-22H2,1-6H3,(H2,38,44)(H,39,45)(H2,40,41,47). The van der Waals surface area contributed by atoms with Crippen LogP contribution >= 0.6 is 0 Å². The summed E-state index contributed by atoms with van der Waals surface area (Å²) in [6.45, 7) is 11.5. The molecule has 0 radical (unpaired) electrons. The molecule has 0 aromatic rings. The lowest BCUT2D eigenvalue weighted by molar-refractivity contribution is -0.145. The number of fused-ring (bicyclic) bond motifs is 1. The second-order valence-corrected chi connectivity index (χ2v) is 20.9. The number of hydrogen-bond donors (Lipinski definition) is 4. The van der Waals surface area contributed by atoms with Gasteiger partial charge in [0.15, 0.2) is 9.84 Å². The van der Waals surface area contributed by atoms with Crippen molar-refractivity contribution < 1.29 is 32.4 Å². The van der Waals surface area contributed by atoms with Gasteiger partial charge in [-0.25, -0.2) is 13.2 Å². The van der Waals surface area contributed by atoms with Gasteiger partial charge in [-0.15, -0.1) is 0 Å². The smallest absolute Gasteiger partial charge is 0.315 e. The minimum atomic E-state index is -3.56. The molecule has 0 aromatic carbocycles. The van der Waals surface area contributed by atoms with Gasteiger partial charge in [-0.2, -0.15) is 0 Å². The van der Waals surface area contributed by atoms with Crippen molar-refractivity contribution in [3.05, 3.63) is 0 Å². The molecule has 13 heteroatoms. The highest BCUT2D eigenvalue weighted by atomic mass is 32.2. The number of carbonyl (C=O) groups is 5. The number of piperidine rings is 1. The van der Waals surface area contributed by atoms with Gasteiger partial charge in [-0.05, 0) is 87.9 Å². The van der Waals surface area contributed by atoms with Crippen LogP contribution in [0.5, 0.6) is 0 Å². The Morgan fingerprint density at radius 3 is 2.00 bits per heavy atom. The fourth-order valence-electron chi connectivity index (χ4n) is 9.19. The third-order valence-electron chi connectivity index (χ3n) is 13.0.